The predicted molar refractivity (Wildman–Crippen MR) is 80.4 cm³/mol. The number of aromatic nitrogens is 1. The maximum Gasteiger partial charge on any atom is 0.239 e. The molecule has 0 fully saturated rings. The van der Waals surface area contributed by atoms with E-state index in [0.29, 0.717) is 19.5 Å². The zero-order chi connectivity index (χ0) is 14.5. The quantitative estimate of drug-likeness (QED) is 0.848. The fourth-order valence-electron chi connectivity index (χ4n) is 2.44. The first-order valence-electron chi connectivity index (χ1n) is 7.05. The summed E-state index contributed by atoms with van der Waals surface area (Å²) in [7, 11) is 0. The van der Waals surface area contributed by atoms with Crippen LogP contribution in [0.15, 0.2) is 36.5 Å². The van der Waals surface area contributed by atoms with Crippen molar-refractivity contribution in [1.82, 2.24) is 9.88 Å². The highest BCUT2D eigenvalue weighted by molar-refractivity contribution is 5.83. The molecule has 2 rings (SSSR count). The maximum atomic E-state index is 11.9. The Hall–Kier alpha value is -1.81. The van der Waals surface area contributed by atoms with Gasteiger partial charge < -0.3 is 15.0 Å². The first-order valence-corrected chi connectivity index (χ1v) is 7.05. The van der Waals surface area contributed by atoms with Gasteiger partial charge in [0.2, 0.25) is 5.91 Å². The van der Waals surface area contributed by atoms with E-state index in [-0.39, 0.29) is 17.9 Å². The standard InChI is InChI=1S/C16H22N2O2/c1-12(9-13(2)19)10-17-16(20)11-18-8-7-14-5-3-4-6-15(14)18/h3-8,12-13,19H,9-11H2,1-2H3,(H,17,20). The van der Waals surface area contributed by atoms with Crippen molar-refractivity contribution in [3.63, 3.8) is 0 Å². The monoisotopic (exact) mass is 274 g/mol. The largest absolute Gasteiger partial charge is 0.393 e. The summed E-state index contributed by atoms with van der Waals surface area (Å²) in [5.41, 5.74) is 1.07. The lowest BCUT2D eigenvalue weighted by molar-refractivity contribution is -0.121. The Bertz CT molecular complexity index is 575. The molecule has 1 heterocycles. The Kier molecular flexibility index (Phi) is 4.79. The molecule has 20 heavy (non-hydrogen) atoms. The van der Waals surface area contributed by atoms with Crippen LogP contribution in [0.3, 0.4) is 0 Å². The highest BCUT2D eigenvalue weighted by Crippen LogP contribution is 2.14. The molecule has 0 aliphatic heterocycles. The van der Waals surface area contributed by atoms with Crippen LogP contribution in [0.5, 0.6) is 0 Å². The summed E-state index contributed by atoms with van der Waals surface area (Å²) in [4.78, 5) is 11.9. The van der Waals surface area contributed by atoms with Crippen LogP contribution in [0, 0.1) is 5.92 Å². The third-order valence-electron chi connectivity index (χ3n) is 3.39. The van der Waals surface area contributed by atoms with E-state index in [4.69, 9.17) is 0 Å². The number of hydrogen-bond acceptors (Lipinski definition) is 2. The van der Waals surface area contributed by atoms with Crippen LogP contribution in [-0.4, -0.2) is 28.2 Å². The molecule has 4 nitrogen and oxygen atoms in total. The van der Waals surface area contributed by atoms with Crippen molar-refractivity contribution in [3.8, 4) is 0 Å². The number of rotatable bonds is 6. The van der Waals surface area contributed by atoms with Crippen LogP contribution in [0.4, 0.5) is 0 Å². The van der Waals surface area contributed by atoms with E-state index in [9.17, 15) is 9.90 Å². The minimum Gasteiger partial charge on any atom is -0.393 e. The summed E-state index contributed by atoms with van der Waals surface area (Å²) < 4.78 is 1.95. The number of fused-ring (bicyclic) bond motifs is 1. The van der Waals surface area contributed by atoms with Crippen LogP contribution < -0.4 is 5.32 Å². The SMILES string of the molecule is CC(O)CC(C)CNC(=O)Cn1ccc2ccccc21. The normalized spacial score (nSPS) is 14.2. The lowest BCUT2D eigenvalue weighted by atomic mass is 10.1. The summed E-state index contributed by atoms with van der Waals surface area (Å²) in [6.07, 6.45) is 2.31. The molecule has 108 valence electrons. The van der Waals surface area contributed by atoms with Crippen molar-refractivity contribution in [2.24, 2.45) is 5.92 Å². The average molecular weight is 274 g/mol. The highest BCUT2D eigenvalue weighted by Gasteiger charge is 2.09. The summed E-state index contributed by atoms with van der Waals surface area (Å²) in [5, 5.41) is 13.4. The van der Waals surface area contributed by atoms with Gasteiger partial charge in [0.1, 0.15) is 6.54 Å². The van der Waals surface area contributed by atoms with Crippen molar-refractivity contribution in [3.05, 3.63) is 36.5 Å². The van der Waals surface area contributed by atoms with Crippen LogP contribution in [0.1, 0.15) is 20.3 Å². The second-order valence-electron chi connectivity index (χ2n) is 5.50. The van der Waals surface area contributed by atoms with E-state index in [1.807, 2.05) is 48.0 Å². The number of benzene rings is 1. The smallest absolute Gasteiger partial charge is 0.239 e. The summed E-state index contributed by atoms with van der Waals surface area (Å²) in [5.74, 6) is 0.282. The van der Waals surface area contributed by atoms with Gasteiger partial charge in [0.05, 0.1) is 6.10 Å². The summed E-state index contributed by atoms with van der Waals surface area (Å²) in [6.45, 7) is 4.72. The zero-order valence-electron chi connectivity index (χ0n) is 12.0. The average Bonchev–Trinajstić information content (AvgIpc) is 2.79. The van der Waals surface area contributed by atoms with Gasteiger partial charge in [0.15, 0.2) is 0 Å². The Morgan fingerprint density at radius 2 is 2.05 bits per heavy atom. The van der Waals surface area contributed by atoms with Gasteiger partial charge >= 0.3 is 0 Å². The van der Waals surface area contributed by atoms with Gasteiger partial charge in [0, 0.05) is 18.3 Å². The van der Waals surface area contributed by atoms with Gasteiger partial charge in [-0.15, -0.1) is 0 Å². The molecule has 1 amide bonds. The van der Waals surface area contributed by atoms with Crippen LogP contribution in [0.25, 0.3) is 10.9 Å². The number of nitrogens with zero attached hydrogens (tertiary/aromatic N) is 1. The zero-order valence-corrected chi connectivity index (χ0v) is 12.0. The second-order valence-corrected chi connectivity index (χ2v) is 5.50. The maximum absolute atomic E-state index is 11.9. The molecular formula is C16H22N2O2. The van der Waals surface area contributed by atoms with Crippen molar-refractivity contribution in [1.29, 1.82) is 0 Å². The predicted octanol–water partition coefficient (Wildman–Crippen LogP) is 2.16. The summed E-state index contributed by atoms with van der Waals surface area (Å²) >= 11 is 0. The van der Waals surface area contributed by atoms with E-state index in [0.717, 1.165) is 10.9 Å². The number of carbonyl (C=O) groups excluding carboxylic acids is 1. The minimum atomic E-state index is -0.324. The topological polar surface area (TPSA) is 54.3 Å². The van der Waals surface area contributed by atoms with E-state index < -0.39 is 0 Å². The third-order valence-corrected chi connectivity index (χ3v) is 3.39. The Labute approximate surface area is 119 Å². The molecular weight excluding hydrogens is 252 g/mol. The molecule has 0 aliphatic carbocycles. The van der Waals surface area contributed by atoms with Gasteiger partial charge in [0.25, 0.3) is 0 Å². The molecule has 2 unspecified atom stereocenters. The fraction of sp³-hybridized carbons (Fsp3) is 0.438. The van der Waals surface area contributed by atoms with E-state index >= 15 is 0 Å². The van der Waals surface area contributed by atoms with Gasteiger partial charge in [-0.25, -0.2) is 0 Å². The molecule has 0 saturated heterocycles. The van der Waals surface area contributed by atoms with Gasteiger partial charge in [-0.3, -0.25) is 4.79 Å². The molecule has 0 spiro atoms. The Morgan fingerprint density at radius 3 is 2.80 bits per heavy atom. The molecule has 1 aromatic carbocycles. The number of carbonyl (C=O) groups is 1. The molecule has 0 aliphatic rings. The van der Waals surface area contributed by atoms with Gasteiger partial charge in [-0.1, -0.05) is 25.1 Å². The summed E-state index contributed by atoms with van der Waals surface area (Å²) in [6, 6.07) is 10.0. The number of amides is 1. The molecule has 4 heteroatoms. The van der Waals surface area contributed by atoms with Crippen molar-refractivity contribution >= 4 is 16.8 Å². The number of aliphatic hydroxyl groups excluding tert-OH is 1. The number of nitrogens with one attached hydrogen (secondary N) is 1. The molecule has 2 atom stereocenters. The van der Waals surface area contributed by atoms with Crippen molar-refractivity contribution in [2.45, 2.75) is 32.9 Å². The molecule has 1 aromatic heterocycles. The van der Waals surface area contributed by atoms with Gasteiger partial charge in [-0.2, -0.15) is 0 Å². The number of para-hydroxylation sites is 1. The number of aliphatic hydroxyl groups is 1. The minimum absolute atomic E-state index is 0.00351. The van der Waals surface area contributed by atoms with Crippen LogP contribution in [-0.2, 0) is 11.3 Å². The van der Waals surface area contributed by atoms with Crippen molar-refractivity contribution < 1.29 is 9.90 Å². The van der Waals surface area contributed by atoms with E-state index in [1.165, 1.54) is 0 Å². The Balaban J connectivity index is 1.88. The number of hydrogen-bond donors (Lipinski definition) is 2. The first-order chi connectivity index (χ1) is 9.56. The fourth-order valence-corrected chi connectivity index (χ4v) is 2.44. The van der Waals surface area contributed by atoms with Crippen LogP contribution >= 0.6 is 0 Å². The molecule has 0 radical (unpaired) electrons. The molecule has 0 saturated carbocycles. The third kappa shape index (κ3) is 3.84. The van der Waals surface area contributed by atoms with Gasteiger partial charge in [-0.05, 0) is 36.8 Å². The lowest BCUT2D eigenvalue weighted by Gasteiger charge is -2.14. The van der Waals surface area contributed by atoms with E-state index in [1.54, 1.807) is 6.92 Å². The van der Waals surface area contributed by atoms with Crippen LogP contribution in [0.2, 0.25) is 0 Å². The Morgan fingerprint density at radius 1 is 1.30 bits per heavy atom. The molecule has 0 bridgehead atoms. The first kappa shape index (κ1) is 14.6. The molecule has 2 N–H and O–H groups in total. The van der Waals surface area contributed by atoms with Crippen molar-refractivity contribution in [2.75, 3.05) is 6.54 Å². The lowest BCUT2D eigenvalue weighted by Crippen LogP contribution is -2.32. The molecule has 2 aromatic rings. The van der Waals surface area contributed by atoms with E-state index in [2.05, 4.69) is 5.32 Å². The second kappa shape index (κ2) is 6.57. The highest BCUT2D eigenvalue weighted by atomic mass is 16.3.